The van der Waals surface area contributed by atoms with Crippen molar-refractivity contribution in [3.63, 3.8) is 0 Å². The predicted molar refractivity (Wildman–Crippen MR) is 231 cm³/mol. The van der Waals surface area contributed by atoms with Gasteiger partial charge in [-0.15, -0.1) is 0 Å². The second-order valence-corrected chi connectivity index (χ2v) is 15.1. The summed E-state index contributed by atoms with van der Waals surface area (Å²) in [4.78, 5) is 33.0. The van der Waals surface area contributed by atoms with Crippen LogP contribution in [0.3, 0.4) is 0 Å². The molecule has 0 saturated carbocycles. The van der Waals surface area contributed by atoms with Gasteiger partial charge in [-0.2, -0.15) is 0 Å². The fraction of sp³-hybridized carbons (Fsp3) is 0.157. The van der Waals surface area contributed by atoms with Crippen molar-refractivity contribution in [1.82, 2.24) is 19.4 Å². The fourth-order valence-corrected chi connectivity index (χ4v) is 8.42. The minimum Gasteiger partial charge on any atom is -0.454 e. The highest BCUT2D eigenvalue weighted by molar-refractivity contribution is 5.92. The van der Waals surface area contributed by atoms with Crippen LogP contribution < -0.4 is 14.8 Å². The van der Waals surface area contributed by atoms with Gasteiger partial charge < -0.3 is 24.1 Å². The number of carbonyl (C=O) groups excluding carboxylic acids is 2. The van der Waals surface area contributed by atoms with Gasteiger partial charge in [-0.3, -0.25) is 9.36 Å². The van der Waals surface area contributed by atoms with Crippen LogP contribution in [0.5, 0.6) is 11.5 Å². The molecule has 0 aliphatic carbocycles. The zero-order chi connectivity index (χ0) is 40.9. The molecule has 8 aromatic rings. The number of hydrogen-bond acceptors (Lipinski definition) is 6. The molecule has 0 bridgehead atoms. The van der Waals surface area contributed by atoms with Crippen LogP contribution in [0.2, 0.25) is 0 Å². The number of imidazole rings is 1. The molecule has 1 unspecified atom stereocenters. The molecule has 0 spiro atoms. The van der Waals surface area contributed by atoms with E-state index < -0.39 is 17.6 Å². The monoisotopic (exact) mass is 792 g/mol. The van der Waals surface area contributed by atoms with Gasteiger partial charge in [0.15, 0.2) is 11.5 Å². The number of amides is 1. The summed E-state index contributed by atoms with van der Waals surface area (Å²) in [5, 5.41) is 4.23. The lowest BCUT2D eigenvalue weighted by molar-refractivity contribution is -0.123. The molecule has 1 amide bonds. The number of nitrogens with zero attached hydrogens (tertiary/aromatic N) is 3. The van der Waals surface area contributed by atoms with E-state index in [2.05, 4.69) is 88.9 Å². The van der Waals surface area contributed by atoms with Gasteiger partial charge in [0.05, 0.1) is 23.5 Å². The average molecular weight is 793 g/mol. The Kier molecular flexibility index (Phi) is 10.7. The largest absolute Gasteiger partial charge is 0.454 e. The summed E-state index contributed by atoms with van der Waals surface area (Å²) in [5.74, 6) is 0.487. The Balaban J connectivity index is 1.02. The highest BCUT2D eigenvalue weighted by Crippen LogP contribution is 2.41. The van der Waals surface area contributed by atoms with Gasteiger partial charge in [0.25, 0.3) is 0 Å². The number of nitrogens with one attached hydrogen (secondary N) is 1. The Morgan fingerprint density at radius 2 is 1.32 bits per heavy atom. The van der Waals surface area contributed by atoms with Crippen molar-refractivity contribution in [1.29, 1.82) is 0 Å². The van der Waals surface area contributed by atoms with Gasteiger partial charge in [0.1, 0.15) is 12.1 Å². The lowest BCUT2D eigenvalue weighted by Gasteiger charge is -2.37. The van der Waals surface area contributed by atoms with Gasteiger partial charge >= 0.3 is 6.09 Å². The van der Waals surface area contributed by atoms with Crippen molar-refractivity contribution in [3.8, 4) is 11.5 Å². The van der Waals surface area contributed by atoms with Crippen LogP contribution in [-0.2, 0) is 34.5 Å². The van der Waals surface area contributed by atoms with Gasteiger partial charge in [0.2, 0.25) is 12.7 Å². The number of ether oxygens (including phenoxy) is 3. The van der Waals surface area contributed by atoms with Crippen LogP contribution >= 0.6 is 0 Å². The van der Waals surface area contributed by atoms with E-state index in [0.29, 0.717) is 24.3 Å². The molecule has 9 nitrogen and oxygen atoms in total. The Morgan fingerprint density at radius 3 is 1.98 bits per heavy atom. The van der Waals surface area contributed by atoms with Crippen molar-refractivity contribution in [2.24, 2.45) is 0 Å². The maximum absolute atomic E-state index is 14.6. The lowest BCUT2D eigenvalue weighted by atomic mass is 9.76. The second-order valence-electron chi connectivity index (χ2n) is 15.1. The average Bonchev–Trinajstić information content (AvgIpc) is 4.06. The third-order valence-electron chi connectivity index (χ3n) is 11.2. The summed E-state index contributed by atoms with van der Waals surface area (Å²) < 4.78 is 20.8. The number of benzene rings is 6. The minimum absolute atomic E-state index is 0.130. The van der Waals surface area contributed by atoms with E-state index in [-0.39, 0.29) is 25.3 Å². The standard InChI is InChI=1S/C51H44N4O5/c1-36(28-39-31-55(46-25-15-14-24-44(39)46)50(57)58-33-37-16-6-2-7-17-37)53-49(56)45(38-26-27-47-48(29-38)60-35-59-47)30-43-32-54(34-52-43)51(40-18-8-3-9-19-40,41-20-10-4-11-21-41)42-22-12-5-13-23-42/h2-27,29,31-32,34,36,45H,28,30,33,35H2,1H3,(H,53,56)/t36-,45?/m1/s1. The first-order valence-electron chi connectivity index (χ1n) is 20.2. The van der Waals surface area contributed by atoms with Gasteiger partial charge in [-0.1, -0.05) is 146 Å². The minimum atomic E-state index is -0.743. The zero-order valence-electron chi connectivity index (χ0n) is 33.2. The summed E-state index contributed by atoms with van der Waals surface area (Å²) in [6.45, 7) is 2.28. The van der Waals surface area contributed by atoms with E-state index >= 15 is 0 Å². The Morgan fingerprint density at radius 1 is 0.717 bits per heavy atom. The topological polar surface area (TPSA) is 96.6 Å². The van der Waals surface area contributed by atoms with Crippen LogP contribution in [0, 0.1) is 0 Å². The molecule has 1 aliphatic heterocycles. The normalized spacial score (nSPS) is 13.2. The first-order valence-corrected chi connectivity index (χ1v) is 20.2. The van der Waals surface area contributed by atoms with Crippen LogP contribution in [0.15, 0.2) is 183 Å². The van der Waals surface area contributed by atoms with Crippen molar-refractivity contribution >= 4 is 22.9 Å². The van der Waals surface area contributed by atoms with E-state index in [1.807, 2.05) is 110 Å². The fourth-order valence-electron chi connectivity index (χ4n) is 8.42. The van der Waals surface area contributed by atoms with Crippen LogP contribution in [-0.4, -0.2) is 39.0 Å². The first kappa shape index (κ1) is 38.1. The quantitative estimate of drug-likeness (QED) is 0.117. The van der Waals surface area contributed by atoms with Crippen LogP contribution in [0.4, 0.5) is 4.79 Å². The molecule has 298 valence electrons. The Labute approximate surface area is 348 Å². The summed E-state index contributed by atoms with van der Waals surface area (Å²) >= 11 is 0. The number of fused-ring (bicyclic) bond motifs is 2. The van der Waals surface area contributed by atoms with Gasteiger partial charge in [0, 0.05) is 30.2 Å². The number of para-hydroxylation sites is 1. The van der Waals surface area contributed by atoms with E-state index in [0.717, 1.165) is 50.0 Å². The van der Waals surface area contributed by atoms with Crippen LogP contribution in [0.25, 0.3) is 10.9 Å². The maximum atomic E-state index is 14.6. The summed E-state index contributed by atoms with van der Waals surface area (Å²) in [6, 6.07) is 54.1. The lowest BCUT2D eigenvalue weighted by Crippen LogP contribution is -2.38. The molecule has 0 fully saturated rings. The SMILES string of the molecule is C[C@H](Cc1cn(C(=O)OCc2ccccc2)c2ccccc12)NC(=O)C(Cc1cn(C(c2ccccc2)(c2ccccc2)c2ccccc2)cn1)c1ccc2c(c1)OCO2. The molecule has 2 atom stereocenters. The molecule has 9 rings (SSSR count). The van der Waals surface area contributed by atoms with E-state index in [4.69, 9.17) is 19.2 Å². The molecular formula is C51H44N4O5. The van der Waals surface area contributed by atoms with Gasteiger partial charge in [-0.05, 0) is 64.9 Å². The molecule has 2 aromatic heterocycles. The van der Waals surface area contributed by atoms with Crippen molar-refractivity contribution < 1.29 is 23.8 Å². The first-order chi connectivity index (χ1) is 29.5. The van der Waals surface area contributed by atoms with E-state index in [9.17, 15) is 9.59 Å². The van der Waals surface area contributed by atoms with Crippen molar-refractivity contribution in [2.45, 2.75) is 43.9 Å². The molecule has 3 heterocycles. The predicted octanol–water partition coefficient (Wildman–Crippen LogP) is 9.67. The highest BCUT2D eigenvalue weighted by Gasteiger charge is 2.39. The smallest absolute Gasteiger partial charge is 0.418 e. The molecule has 1 aliphatic rings. The number of carbonyl (C=O) groups is 2. The molecule has 6 aromatic carbocycles. The summed E-state index contributed by atoms with van der Waals surface area (Å²) in [6.07, 6.45) is 6.11. The zero-order valence-corrected chi connectivity index (χ0v) is 33.2. The summed E-state index contributed by atoms with van der Waals surface area (Å²) in [7, 11) is 0. The second kappa shape index (κ2) is 16.8. The van der Waals surface area contributed by atoms with E-state index in [1.54, 1.807) is 4.57 Å². The number of aromatic nitrogens is 3. The Bertz CT molecular complexity index is 2630. The van der Waals surface area contributed by atoms with Crippen LogP contribution in [0.1, 0.15) is 51.9 Å². The molecule has 0 radical (unpaired) electrons. The van der Waals surface area contributed by atoms with Gasteiger partial charge in [-0.25, -0.2) is 9.78 Å². The van der Waals surface area contributed by atoms with Crippen molar-refractivity contribution in [2.75, 3.05) is 6.79 Å². The molecule has 0 saturated heterocycles. The molecule has 9 heteroatoms. The molecular weight excluding hydrogens is 749 g/mol. The molecule has 60 heavy (non-hydrogen) atoms. The third-order valence-corrected chi connectivity index (χ3v) is 11.2. The highest BCUT2D eigenvalue weighted by atomic mass is 16.7. The number of rotatable bonds is 13. The Hall–Kier alpha value is -7.39. The van der Waals surface area contributed by atoms with E-state index in [1.165, 1.54) is 0 Å². The maximum Gasteiger partial charge on any atom is 0.418 e. The number of hydrogen-bond donors (Lipinski definition) is 1. The third kappa shape index (κ3) is 7.53. The molecule has 1 N–H and O–H groups in total. The summed E-state index contributed by atoms with van der Waals surface area (Å²) in [5.41, 5.74) is 6.62. The van der Waals surface area contributed by atoms with Crippen molar-refractivity contribution in [3.05, 3.63) is 222 Å².